The molecular formula is C21H20FN5O3. The summed E-state index contributed by atoms with van der Waals surface area (Å²) in [6.45, 7) is 4.09. The van der Waals surface area contributed by atoms with E-state index >= 15 is 0 Å². The molecule has 2 heterocycles. The van der Waals surface area contributed by atoms with Gasteiger partial charge in [0.2, 0.25) is 0 Å². The Bertz CT molecular complexity index is 1180. The predicted octanol–water partition coefficient (Wildman–Crippen LogP) is 2.05. The molecule has 0 saturated carbocycles. The van der Waals surface area contributed by atoms with E-state index in [9.17, 15) is 14.0 Å². The van der Waals surface area contributed by atoms with Crippen LogP contribution in [0.25, 0.3) is 10.8 Å². The summed E-state index contributed by atoms with van der Waals surface area (Å²) in [5.74, 6) is -0.934. The van der Waals surface area contributed by atoms with Crippen molar-refractivity contribution in [3.8, 4) is 0 Å². The monoisotopic (exact) mass is 409 g/mol. The molecule has 0 unspecified atom stereocenters. The number of amides is 1. The third-order valence-electron chi connectivity index (χ3n) is 4.95. The van der Waals surface area contributed by atoms with E-state index < -0.39 is 5.91 Å². The van der Waals surface area contributed by atoms with Gasteiger partial charge in [-0.05, 0) is 25.1 Å². The fourth-order valence-electron chi connectivity index (χ4n) is 3.33. The number of H-pyrrole nitrogens is 1. The first kappa shape index (κ1) is 19.7. The lowest BCUT2D eigenvalue weighted by Gasteiger charge is -2.29. The number of nitrogens with zero attached hydrogens (tertiary/aromatic N) is 3. The van der Waals surface area contributed by atoms with Crippen LogP contribution in [0.15, 0.2) is 52.4 Å². The van der Waals surface area contributed by atoms with Crippen LogP contribution >= 0.6 is 0 Å². The van der Waals surface area contributed by atoms with E-state index in [1.165, 1.54) is 6.07 Å². The van der Waals surface area contributed by atoms with Crippen LogP contribution in [0.5, 0.6) is 0 Å². The Hall–Kier alpha value is -3.59. The lowest BCUT2D eigenvalue weighted by Crippen LogP contribution is -2.36. The molecule has 2 N–H and O–H groups in total. The fourth-order valence-corrected chi connectivity index (χ4v) is 3.33. The van der Waals surface area contributed by atoms with Gasteiger partial charge in [-0.2, -0.15) is 10.2 Å². The minimum atomic E-state index is -0.577. The first-order valence-electron chi connectivity index (χ1n) is 9.49. The van der Waals surface area contributed by atoms with E-state index in [4.69, 9.17) is 4.74 Å². The maximum Gasteiger partial charge on any atom is 0.292 e. The molecule has 1 fully saturated rings. The van der Waals surface area contributed by atoms with Gasteiger partial charge in [0.25, 0.3) is 11.5 Å². The quantitative estimate of drug-likeness (QED) is 0.508. The normalized spacial score (nSPS) is 14.7. The molecule has 0 bridgehead atoms. The average molecular weight is 409 g/mol. The zero-order valence-electron chi connectivity index (χ0n) is 16.3. The summed E-state index contributed by atoms with van der Waals surface area (Å²) < 4.78 is 19.9. The van der Waals surface area contributed by atoms with Crippen LogP contribution in [0.2, 0.25) is 0 Å². The Kier molecular flexibility index (Phi) is 5.53. The van der Waals surface area contributed by atoms with E-state index in [0.717, 1.165) is 0 Å². The van der Waals surface area contributed by atoms with Crippen molar-refractivity contribution in [3.63, 3.8) is 0 Å². The Labute approximate surface area is 171 Å². The van der Waals surface area contributed by atoms with E-state index in [2.05, 4.69) is 20.7 Å². The highest BCUT2D eigenvalue weighted by Crippen LogP contribution is 2.22. The second kappa shape index (κ2) is 8.42. The number of fused-ring (bicyclic) bond motifs is 1. The molecule has 0 atom stereocenters. The number of nitrogens with one attached hydrogen (secondary N) is 2. The molecule has 8 nitrogen and oxygen atoms in total. The molecule has 0 radical (unpaired) electrons. The summed E-state index contributed by atoms with van der Waals surface area (Å²) in [5.41, 5.74) is 3.59. The van der Waals surface area contributed by atoms with Crippen molar-refractivity contribution in [3.05, 3.63) is 69.9 Å². The minimum absolute atomic E-state index is 0.0515. The van der Waals surface area contributed by atoms with Gasteiger partial charge in [-0.25, -0.2) is 14.9 Å². The number of hydrogen-bond acceptors (Lipinski definition) is 6. The Morgan fingerprint density at radius 1 is 1.20 bits per heavy atom. The van der Waals surface area contributed by atoms with E-state index in [1.807, 2.05) is 4.90 Å². The SMILES string of the molecule is C/C(=N/NC(=O)c1n[nH]c(=O)c2ccccc12)c1ccc(N2CCOCC2)c(F)c1. The zero-order chi connectivity index (χ0) is 21.1. The molecule has 1 aliphatic heterocycles. The second-order valence-corrected chi connectivity index (χ2v) is 6.85. The van der Waals surface area contributed by atoms with Gasteiger partial charge in [-0.3, -0.25) is 9.59 Å². The van der Waals surface area contributed by atoms with Crippen molar-refractivity contribution in [1.29, 1.82) is 0 Å². The number of ether oxygens (including phenoxy) is 1. The molecule has 1 aliphatic rings. The van der Waals surface area contributed by atoms with Gasteiger partial charge in [0.05, 0.1) is 30.0 Å². The lowest BCUT2D eigenvalue weighted by molar-refractivity contribution is 0.0950. The first-order chi connectivity index (χ1) is 14.5. The summed E-state index contributed by atoms with van der Waals surface area (Å²) in [6.07, 6.45) is 0. The van der Waals surface area contributed by atoms with Gasteiger partial charge >= 0.3 is 0 Å². The topological polar surface area (TPSA) is 99.7 Å². The smallest absolute Gasteiger partial charge is 0.292 e. The lowest BCUT2D eigenvalue weighted by atomic mass is 10.1. The molecule has 9 heteroatoms. The number of morpholine rings is 1. The summed E-state index contributed by atoms with van der Waals surface area (Å²) in [6, 6.07) is 11.5. The van der Waals surface area contributed by atoms with Crippen LogP contribution in [0.3, 0.4) is 0 Å². The predicted molar refractivity (Wildman–Crippen MR) is 111 cm³/mol. The molecule has 1 amide bonds. The van der Waals surface area contributed by atoms with Crippen LogP contribution in [0.1, 0.15) is 23.0 Å². The van der Waals surface area contributed by atoms with E-state index in [0.29, 0.717) is 54.0 Å². The van der Waals surface area contributed by atoms with Crippen LogP contribution in [-0.4, -0.2) is 48.1 Å². The number of hydrazone groups is 1. The number of hydrogen-bond donors (Lipinski definition) is 2. The molecular weight excluding hydrogens is 389 g/mol. The van der Waals surface area contributed by atoms with Crippen LogP contribution in [0, 0.1) is 5.82 Å². The first-order valence-corrected chi connectivity index (χ1v) is 9.49. The third-order valence-corrected chi connectivity index (χ3v) is 4.95. The van der Waals surface area contributed by atoms with Gasteiger partial charge < -0.3 is 9.64 Å². The number of rotatable bonds is 4. The summed E-state index contributed by atoms with van der Waals surface area (Å²) >= 11 is 0. The number of anilines is 1. The highest BCUT2D eigenvalue weighted by molar-refractivity contribution is 6.06. The third kappa shape index (κ3) is 3.92. The number of aromatic amines is 1. The van der Waals surface area contributed by atoms with Crippen molar-refractivity contribution in [2.75, 3.05) is 31.2 Å². The van der Waals surface area contributed by atoms with Crippen molar-refractivity contribution < 1.29 is 13.9 Å². The van der Waals surface area contributed by atoms with Crippen molar-refractivity contribution in [2.45, 2.75) is 6.92 Å². The van der Waals surface area contributed by atoms with Crippen LogP contribution < -0.4 is 15.9 Å². The van der Waals surface area contributed by atoms with E-state index in [1.54, 1.807) is 43.3 Å². The molecule has 1 saturated heterocycles. The molecule has 154 valence electrons. The van der Waals surface area contributed by atoms with Crippen molar-refractivity contribution >= 4 is 28.1 Å². The van der Waals surface area contributed by atoms with Gasteiger partial charge in [0, 0.05) is 24.0 Å². The zero-order valence-corrected chi connectivity index (χ0v) is 16.3. The number of aromatic nitrogens is 2. The minimum Gasteiger partial charge on any atom is -0.378 e. The molecule has 4 rings (SSSR count). The maximum atomic E-state index is 14.6. The molecule has 0 aliphatic carbocycles. The van der Waals surface area contributed by atoms with Gasteiger partial charge in [0.15, 0.2) is 5.69 Å². The highest BCUT2D eigenvalue weighted by atomic mass is 19.1. The number of benzene rings is 2. The number of halogens is 1. The standard InChI is InChI=1S/C21H20FN5O3/c1-13(14-6-7-18(17(22)12-14)27-8-10-30-11-9-27)23-26-21(29)19-15-4-2-3-5-16(15)20(28)25-24-19/h2-7,12H,8-11H2,1H3,(H,25,28)(H,26,29)/b23-13-. The second-order valence-electron chi connectivity index (χ2n) is 6.85. The summed E-state index contributed by atoms with van der Waals surface area (Å²) in [7, 11) is 0. The molecule has 3 aromatic rings. The Balaban J connectivity index is 1.53. The van der Waals surface area contributed by atoms with Gasteiger partial charge in [0.1, 0.15) is 5.82 Å². The largest absolute Gasteiger partial charge is 0.378 e. The van der Waals surface area contributed by atoms with Crippen molar-refractivity contribution in [2.24, 2.45) is 5.10 Å². The van der Waals surface area contributed by atoms with E-state index in [-0.39, 0.29) is 17.1 Å². The Morgan fingerprint density at radius 3 is 2.67 bits per heavy atom. The molecule has 30 heavy (non-hydrogen) atoms. The molecule has 2 aromatic carbocycles. The van der Waals surface area contributed by atoms with Crippen molar-refractivity contribution in [1.82, 2.24) is 15.6 Å². The average Bonchev–Trinajstić information content (AvgIpc) is 2.78. The van der Waals surface area contributed by atoms with Gasteiger partial charge in [-0.15, -0.1) is 0 Å². The molecule has 1 aromatic heterocycles. The number of carbonyl (C=O) groups excluding carboxylic acids is 1. The molecule has 0 spiro atoms. The van der Waals surface area contributed by atoms with Crippen LogP contribution in [-0.2, 0) is 4.74 Å². The van der Waals surface area contributed by atoms with Gasteiger partial charge in [-0.1, -0.05) is 24.3 Å². The van der Waals surface area contributed by atoms with Crippen LogP contribution in [0.4, 0.5) is 10.1 Å². The highest BCUT2D eigenvalue weighted by Gasteiger charge is 2.16. The summed E-state index contributed by atoms with van der Waals surface area (Å²) in [4.78, 5) is 26.3. The maximum absolute atomic E-state index is 14.6. The Morgan fingerprint density at radius 2 is 1.93 bits per heavy atom. The fraction of sp³-hybridized carbons (Fsp3) is 0.238. The number of carbonyl (C=O) groups is 1. The summed E-state index contributed by atoms with van der Waals surface area (Å²) in [5, 5.41) is 11.0.